The molecule has 1 heterocycles. The maximum atomic E-state index is 5.23. The molecule has 4 heteroatoms. The number of hydrogen-bond acceptors (Lipinski definition) is 4. The van der Waals surface area contributed by atoms with E-state index in [2.05, 4.69) is 12.2 Å². The lowest BCUT2D eigenvalue weighted by atomic mass is 10.3. The fraction of sp³-hybridized carbons (Fsp3) is 0.769. The maximum absolute atomic E-state index is 5.23. The van der Waals surface area contributed by atoms with Gasteiger partial charge >= 0.3 is 0 Å². The molecule has 17 heavy (non-hydrogen) atoms. The van der Waals surface area contributed by atoms with E-state index < -0.39 is 0 Å². The first kappa shape index (κ1) is 13.0. The van der Waals surface area contributed by atoms with E-state index in [1.165, 1.54) is 35.6 Å². The fourth-order valence-corrected chi connectivity index (χ4v) is 3.01. The Labute approximate surface area is 108 Å². The van der Waals surface area contributed by atoms with Crippen molar-refractivity contribution in [3.63, 3.8) is 0 Å². The molecule has 3 nitrogen and oxygen atoms in total. The van der Waals surface area contributed by atoms with Crippen LogP contribution in [0.1, 0.15) is 54.1 Å². The predicted octanol–water partition coefficient (Wildman–Crippen LogP) is 3.06. The van der Waals surface area contributed by atoms with Gasteiger partial charge in [-0.05, 0) is 25.8 Å². The first-order valence-electron chi connectivity index (χ1n) is 6.53. The second kappa shape index (κ2) is 6.47. The van der Waals surface area contributed by atoms with E-state index in [0.717, 1.165) is 24.7 Å². The Morgan fingerprint density at radius 1 is 1.47 bits per heavy atom. The second-order valence-corrected chi connectivity index (χ2v) is 5.77. The van der Waals surface area contributed by atoms with Gasteiger partial charge in [-0.1, -0.05) is 13.3 Å². The van der Waals surface area contributed by atoms with E-state index in [0.29, 0.717) is 6.61 Å². The first-order chi connectivity index (χ1) is 8.35. The molecule has 1 aromatic heterocycles. The lowest BCUT2D eigenvalue weighted by molar-refractivity contribution is 0.181. The Balaban J connectivity index is 1.92. The quantitative estimate of drug-likeness (QED) is 0.724. The molecule has 1 saturated carbocycles. The minimum atomic E-state index is 0.647. The van der Waals surface area contributed by atoms with E-state index in [4.69, 9.17) is 9.72 Å². The molecule has 1 aromatic rings. The largest absolute Gasteiger partial charge is 0.378 e. The lowest BCUT2D eigenvalue weighted by Crippen LogP contribution is -2.14. The number of aromatic nitrogens is 1. The number of rotatable bonds is 8. The highest BCUT2D eigenvalue weighted by Gasteiger charge is 2.28. The highest BCUT2D eigenvalue weighted by Crippen LogP contribution is 2.42. The molecule has 1 aliphatic rings. The molecule has 0 radical (unpaired) electrons. The number of ether oxygens (including phenoxy) is 1. The molecule has 0 atom stereocenters. The summed E-state index contributed by atoms with van der Waals surface area (Å²) in [7, 11) is 1.74. The van der Waals surface area contributed by atoms with Gasteiger partial charge in [-0.15, -0.1) is 11.3 Å². The van der Waals surface area contributed by atoms with Crippen molar-refractivity contribution in [3.05, 3.63) is 15.6 Å². The molecule has 96 valence electrons. The van der Waals surface area contributed by atoms with Gasteiger partial charge in [-0.25, -0.2) is 4.98 Å². The summed E-state index contributed by atoms with van der Waals surface area (Å²) in [5.41, 5.74) is 1.14. The third-order valence-electron chi connectivity index (χ3n) is 3.00. The molecule has 0 saturated heterocycles. The van der Waals surface area contributed by atoms with Gasteiger partial charge in [0.15, 0.2) is 0 Å². The topological polar surface area (TPSA) is 34.2 Å². The smallest absolute Gasteiger partial charge is 0.0963 e. The van der Waals surface area contributed by atoms with Crippen molar-refractivity contribution in [2.45, 2.75) is 51.7 Å². The average Bonchev–Trinajstić information content (AvgIpc) is 3.10. The number of hydrogen-bond donors (Lipinski definition) is 1. The predicted molar refractivity (Wildman–Crippen MR) is 71.4 cm³/mol. The molecule has 2 rings (SSSR count). The summed E-state index contributed by atoms with van der Waals surface area (Å²) in [4.78, 5) is 6.08. The Morgan fingerprint density at radius 2 is 2.29 bits per heavy atom. The van der Waals surface area contributed by atoms with Crippen molar-refractivity contribution in [1.29, 1.82) is 0 Å². The molecule has 1 fully saturated rings. The van der Waals surface area contributed by atoms with Crippen LogP contribution in [0.5, 0.6) is 0 Å². The number of nitrogens with zero attached hydrogens (tertiary/aromatic N) is 1. The van der Waals surface area contributed by atoms with Crippen molar-refractivity contribution in [1.82, 2.24) is 10.3 Å². The second-order valence-electron chi connectivity index (χ2n) is 4.66. The van der Waals surface area contributed by atoms with E-state index >= 15 is 0 Å². The fourth-order valence-electron chi connectivity index (χ4n) is 1.80. The zero-order valence-corrected chi connectivity index (χ0v) is 11.6. The Bertz CT molecular complexity index is 347. The van der Waals surface area contributed by atoms with Crippen LogP contribution in [0.4, 0.5) is 0 Å². The Hall–Kier alpha value is -0.450. The number of nitrogens with one attached hydrogen (secondary N) is 1. The Morgan fingerprint density at radius 3 is 2.94 bits per heavy atom. The van der Waals surface area contributed by atoms with Gasteiger partial charge in [0.05, 0.1) is 17.3 Å². The lowest BCUT2D eigenvalue weighted by Gasteiger charge is -2.03. The summed E-state index contributed by atoms with van der Waals surface area (Å²) in [6.07, 6.45) is 5.13. The highest BCUT2D eigenvalue weighted by molar-refractivity contribution is 7.11. The van der Waals surface area contributed by atoms with Crippen molar-refractivity contribution < 1.29 is 4.74 Å². The third-order valence-corrected chi connectivity index (χ3v) is 4.26. The average molecular weight is 254 g/mol. The molecular formula is C13H22N2OS. The zero-order valence-electron chi connectivity index (χ0n) is 10.8. The highest BCUT2D eigenvalue weighted by atomic mass is 32.1. The summed E-state index contributed by atoms with van der Waals surface area (Å²) in [6, 6.07) is 0. The minimum Gasteiger partial charge on any atom is -0.378 e. The van der Waals surface area contributed by atoms with Gasteiger partial charge in [-0.3, -0.25) is 0 Å². The molecule has 0 bridgehead atoms. The van der Waals surface area contributed by atoms with E-state index in [1.807, 2.05) is 11.3 Å². The van der Waals surface area contributed by atoms with Crippen LogP contribution in [0.15, 0.2) is 0 Å². The molecule has 0 aliphatic heterocycles. The summed E-state index contributed by atoms with van der Waals surface area (Å²) in [6.45, 7) is 4.91. The molecule has 0 aromatic carbocycles. The number of unbranched alkanes of at least 4 members (excludes halogenated alkanes) is 1. The van der Waals surface area contributed by atoms with Crippen LogP contribution in [0, 0.1) is 0 Å². The summed E-state index contributed by atoms with van der Waals surface area (Å²) in [5, 5.41) is 4.81. The Kier molecular flexibility index (Phi) is 4.95. The van der Waals surface area contributed by atoms with Gasteiger partial charge in [0.2, 0.25) is 0 Å². The van der Waals surface area contributed by atoms with Crippen molar-refractivity contribution in [2.24, 2.45) is 0 Å². The standard InChI is InChI=1S/C13H22N2OS/c1-3-4-7-14-8-12-11(9-16-2)15-13(17-12)10-5-6-10/h10,14H,3-9H2,1-2H3. The van der Waals surface area contributed by atoms with Crippen LogP contribution >= 0.6 is 11.3 Å². The summed E-state index contributed by atoms with van der Waals surface area (Å²) in [5.74, 6) is 0.750. The van der Waals surface area contributed by atoms with Crippen LogP contribution in [0.25, 0.3) is 0 Å². The molecule has 1 aliphatic carbocycles. The van der Waals surface area contributed by atoms with Gasteiger partial charge in [-0.2, -0.15) is 0 Å². The van der Waals surface area contributed by atoms with Crippen LogP contribution in [0.2, 0.25) is 0 Å². The molecular weight excluding hydrogens is 232 g/mol. The minimum absolute atomic E-state index is 0.647. The first-order valence-corrected chi connectivity index (χ1v) is 7.35. The van der Waals surface area contributed by atoms with E-state index in [-0.39, 0.29) is 0 Å². The van der Waals surface area contributed by atoms with Gasteiger partial charge in [0.25, 0.3) is 0 Å². The van der Waals surface area contributed by atoms with Crippen molar-refractivity contribution in [2.75, 3.05) is 13.7 Å². The SMILES string of the molecule is CCCCNCc1sc(C2CC2)nc1COC. The summed E-state index contributed by atoms with van der Waals surface area (Å²) < 4.78 is 5.23. The molecule has 0 unspecified atom stereocenters. The van der Waals surface area contributed by atoms with E-state index in [9.17, 15) is 0 Å². The van der Waals surface area contributed by atoms with Crippen LogP contribution < -0.4 is 5.32 Å². The number of thiazole rings is 1. The van der Waals surface area contributed by atoms with Crippen LogP contribution in [-0.4, -0.2) is 18.6 Å². The normalized spacial score (nSPS) is 15.4. The molecule has 0 amide bonds. The monoisotopic (exact) mass is 254 g/mol. The van der Waals surface area contributed by atoms with Crippen LogP contribution in [0.3, 0.4) is 0 Å². The van der Waals surface area contributed by atoms with Crippen molar-refractivity contribution in [3.8, 4) is 0 Å². The third kappa shape index (κ3) is 3.76. The van der Waals surface area contributed by atoms with Gasteiger partial charge in [0.1, 0.15) is 0 Å². The van der Waals surface area contributed by atoms with Crippen LogP contribution in [-0.2, 0) is 17.9 Å². The zero-order chi connectivity index (χ0) is 12.1. The summed E-state index contributed by atoms with van der Waals surface area (Å²) >= 11 is 1.87. The van der Waals surface area contributed by atoms with E-state index in [1.54, 1.807) is 7.11 Å². The van der Waals surface area contributed by atoms with Gasteiger partial charge in [0, 0.05) is 24.4 Å². The maximum Gasteiger partial charge on any atom is 0.0963 e. The van der Waals surface area contributed by atoms with Gasteiger partial charge < -0.3 is 10.1 Å². The molecule has 1 N–H and O–H groups in total. The molecule has 0 spiro atoms. The van der Waals surface area contributed by atoms with Crippen molar-refractivity contribution >= 4 is 11.3 Å². The number of methoxy groups -OCH3 is 1.